The van der Waals surface area contributed by atoms with Gasteiger partial charge in [0.25, 0.3) is 0 Å². The summed E-state index contributed by atoms with van der Waals surface area (Å²) in [6, 6.07) is 4.36. The number of thioether (sulfide) groups is 1. The van der Waals surface area contributed by atoms with Gasteiger partial charge in [-0.15, -0.1) is 0 Å². The molecule has 0 unspecified atom stereocenters. The highest BCUT2D eigenvalue weighted by atomic mass is 32.2. The number of carbonyl (C=O) groups is 1. The topological polar surface area (TPSA) is 32.3 Å². The highest BCUT2D eigenvalue weighted by molar-refractivity contribution is 8.04. The highest BCUT2D eigenvalue weighted by Gasteiger charge is 2.26. The minimum atomic E-state index is 0.266. The number of ketones is 1. The largest absolute Gasteiger partial charge is 0.383 e. The fraction of sp³-hybridized carbons (Fsp3) is 0.450. The van der Waals surface area contributed by atoms with Gasteiger partial charge in [0.05, 0.1) is 4.91 Å². The van der Waals surface area contributed by atoms with Crippen molar-refractivity contribution in [3.63, 3.8) is 0 Å². The second-order valence-electron chi connectivity index (χ2n) is 6.35. The minimum absolute atomic E-state index is 0.266. The third-order valence-electron chi connectivity index (χ3n) is 4.83. The number of aryl methyl sites for hydroxylation is 1. The molecule has 0 spiro atoms. The van der Waals surface area contributed by atoms with Gasteiger partial charge in [0, 0.05) is 36.5 Å². The van der Waals surface area contributed by atoms with E-state index in [1.807, 2.05) is 6.08 Å². The lowest BCUT2D eigenvalue weighted by molar-refractivity contribution is -0.114. The molecule has 0 aromatic heterocycles. The predicted octanol–water partition coefficient (Wildman–Crippen LogP) is 4.18. The van der Waals surface area contributed by atoms with Crippen LogP contribution in [0.1, 0.15) is 31.4 Å². The minimum Gasteiger partial charge on any atom is -0.383 e. The van der Waals surface area contributed by atoms with Crippen LogP contribution < -0.4 is 5.32 Å². The number of hydrogen-bond donors (Lipinski definition) is 1. The molecule has 0 fully saturated rings. The van der Waals surface area contributed by atoms with Gasteiger partial charge in [-0.1, -0.05) is 43.8 Å². The lowest BCUT2D eigenvalue weighted by atomic mass is 9.95. The quantitative estimate of drug-likeness (QED) is 0.840. The van der Waals surface area contributed by atoms with E-state index in [-0.39, 0.29) is 5.78 Å². The van der Waals surface area contributed by atoms with Crippen LogP contribution in [0.15, 0.2) is 39.7 Å². The Bertz CT molecular complexity index is 702. The van der Waals surface area contributed by atoms with E-state index < -0.39 is 0 Å². The van der Waals surface area contributed by atoms with E-state index >= 15 is 0 Å². The van der Waals surface area contributed by atoms with Gasteiger partial charge in [-0.3, -0.25) is 4.79 Å². The average molecular weight is 343 g/mol. The number of hydrogen-bond acceptors (Lipinski definition) is 4. The Morgan fingerprint density at radius 3 is 2.79 bits per heavy atom. The summed E-state index contributed by atoms with van der Waals surface area (Å²) in [6.45, 7) is 10.7. The summed E-state index contributed by atoms with van der Waals surface area (Å²) in [7, 11) is 0. The molecule has 1 aliphatic carbocycles. The molecule has 0 bridgehead atoms. The first-order valence-corrected chi connectivity index (χ1v) is 9.65. The van der Waals surface area contributed by atoms with Crippen LogP contribution in [0.4, 0.5) is 5.69 Å². The molecule has 2 aliphatic rings. The van der Waals surface area contributed by atoms with Crippen LogP contribution in [0.2, 0.25) is 0 Å². The van der Waals surface area contributed by atoms with E-state index in [4.69, 9.17) is 0 Å². The number of carbonyl (C=O) groups excluding carboxylic acids is 1. The van der Waals surface area contributed by atoms with Crippen LogP contribution in [0, 0.1) is 6.92 Å². The standard InChI is InChI=1S/C20H26N2OS/c1-4-22(5-2)12-11-21-17-10-9-14(3)19-16(17)13-15-7-6-8-18(23)20(15)24-19/h6-7,9-10,21H,4-5,8,11-13H2,1-3H3. The van der Waals surface area contributed by atoms with Crippen LogP contribution in [0.25, 0.3) is 0 Å². The molecular weight excluding hydrogens is 316 g/mol. The van der Waals surface area contributed by atoms with Gasteiger partial charge in [-0.05, 0) is 42.8 Å². The first-order chi connectivity index (χ1) is 11.6. The Morgan fingerprint density at radius 1 is 1.25 bits per heavy atom. The van der Waals surface area contributed by atoms with Crippen molar-refractivity contribution in [3.8, 4) is 0 Å². The molecule has 1 heterocycles. The molecule has 3 nitrogen and oxygen atoms in total. The maximum absolute atomic E-state index is 12.2. The van der Waals surface area contributed by atoms with Crippen molar-refractivity contribution in [2.24, 2.45) is 0 Å². The Morgan fingerprint density at radius 2 is 2.04 bits per heavy atom. The maximum atomic E-state index is 12.2. The van der Waals surface area contributed by atoms with Crippen LogP contribution in [0.5, 0.6) is 0 Å². The number of benzene rings is 1. The normalized spacial score (nSPS) is 16.4. The van der Waals surface area contributed by atoms with Crippen molar-refractivity contribution < 1.29 is 4.79 Å². The Kier molecular flexibility index (Phi) is 5.47. The van der Waals surface area contributed by atoms with E-state index in [1.54, 1.807) is 11.8 Å². The molecule has 128 valence electrons. The van der Waals surface area contributed by atoms with Gasteiger partial charge in [0.15, 0.2) is 5.78 Å². The van der Waals surface area contributed by atoms with Gasteiger partial charge >= 0.3 is 0 Å². The molecule has 0 amide bonds. The summed E-state index contributed by atoms with van der Waals surface area (Å²) >= 11 is 1.67. The van der Waals surface area contributed by atoms with Gasteiger partial charge in [0.1, 0.15) is 0 Å². The van der Waals surface area contributed by atoms with Crippen LogP contribution in [-0.4, -0.2) is 36.9 Å². The number of nitrogens with one attached hydrogen (secondary N) is 1. The summed E-state index contributed by atoms with van der Waals surface area (Å²) in [5.74, 6) is 0.266. The first-order valence-electron chi connectivity index (χ1n) is 8.83. The first kappa shape index (κ1) is 17.3. The summed E-state index contributed by atoms with van der Waals surface area (Å²) in [6.07, 6.45) is 5.53. The van der Waals surface area contributed by atoms with Crippen LogP contribution >= 0.6 is 11.8 Å². The highest BCUT2D eigenvalue weighted by Crippen LogP contribution is 2.45. The second-order valence-corrected chi connectivity index (χ2v) is 7.37. The van der Waals surface area contributed by atoms with Crippen molar-refractivity contribution in [2.45, 2.75) is 38.5 Å². The molecule has 4 heteroatoms. The molecule has 1 aliphatic heterocycles. The van der Waals surface area contributed by atoms with Gasteiger partial charge < -0.3 is 10.2 Å². The molecular formula is C20H26N2OS. The van der Waals surface area contributed by atoms with Crippen molar-refractivity contribution in [1.82, 2.24) is 4.90 Å². The zero-order valence-electron chi connectivity index (χ0n) is 14.8. The van der Waals surface area contributed by atoms with Crippen LogP contribution in [0.3, 0.4) is 0 Å². The number of likely N-dealkylation sites (N-methyl/N-ethyl adjacent to an activating group) is 1. The lowest BCUT2D eigenvalue weighted by Gasteiger charge is -2.26. The van der Waals surface area contributed by atoms with Crippen LogP contribution in [-0.2, 0) is 11.2 Å². The van der Waals surface area contributed by atoms with Gasteiger partial charge in [-0.25, -0.2) is 0 Å². The molecule has 3 rings (SSSR count). The summed E-state index contributed by atoms with van der Waals surface area (Å²) < 4.78 is 0. The lowest BCUT2D eigenvalue weighted by Crippen LogP contribution is -2.29. The van der Waals surface area contributed by atoms with E-state index in [2.05, 4.69) is 49.2 Å². The monoisotopic (exact) mass is 342 g/mol. The molecule has 0 saturated carbocycles. The number of anilines is 1. The van der Waals surface area contributed by atoms with Crippen molar-refractivity contribution in [1.29, 1.82) is 0 Å². The Labute approximate surface area is 149 Å². The fourth-order valence-corrected chi connectivity index (χ4v) is 4.53. The summed E-state index contributed by atoms with van der Waals surface area (Å²) in [5.41, 5.74) is 5.00. The molecule has 0 atom stereocenters. The van der Waals surface area contributed by atoms with E-state index in [9.17, 15) is 4.79 Å². The number of fused-ring (bicyclic) bond motifs is 1. The molecule has 0 saturated heterocycles. The zero-order valence-corrected chi connectivity index (χ0v) is 15.6. The van der Waals surface area contributed by atoms with Crippen molar-refractivity contribution in [3.05, 3.63) is 45.9 Å². The fourth-order valence-electron chi connectivity index (χ4n) is 3.33. The number of Topliss-reactive ketones (excluding diaryl/α,β-unsaturated/α-hetero) is 1. The number of nitrogens with zero attached hydrogens (tertiary/aromatic N) is 1. The third-order valence-corrected chi connectivity index (χ3v) is 6.30. The molecule has 0 radical (unpaired) electrons. The van der Waals surface area contributed by atoms with Crippen molar-refractivity contribution in [2.75, 3.05) is 31.5 Å². The Balaban J connectivity index is 1.80. The maximum Gasteiger partial charge on any atom is 0.173 e. The second kappa shape index (κ2) is 7.58. The third kappa shape index (κ3) is 3.45. The van der Waals surface area contributed by atoms with Crippen molar-refractivity contribution >= 4 is 23.2 Å². The molecule has 1 aromatic rings. The van der Waals surface area contributed by atoms with E-state index in [0.29, 0.717) is 6.42 Å². The molecule has 1 aromatic carbocycles. The number of allylic oxidation sites excluding steroid dienone is 4. The van der Waals surface area contributed by atoms with E-state index in [1.165, 1.54) is 27.3 Å². The Hall–Kier alpha value is -1.52. The molecule has 1 N–H and O–H groups in total. The molecule has 24 heavy (non-hydrogen) atoms. The van der Waals surface area contributed by atoms with Gasteiger partial charge in [0.2, 0.25) is 0 Å². The smallest absolute Gasteiger partial charge is 0.173 e. The predicted molar refractivity (Wildman–Crippen MR) is 103 cm³/mol. The average Bonchev–Trinajstić information content (AvgIpc) is 2.60. The SMILES string of the molecule is CCN(CC)CCNc1ccc(C)c2c1CC1=C(S2)C(=O)CC=C1. The summed E-state index contributed by atoms with van der Waals surface area (Å²) in [4.78, 5) is 16.8. The van der Waals surface area contributed by atoms with E-state index in [0.717, 1.165) is 37.5 Å². The number of rotatable bonds is 6. The summed E-state index contributed by atoms with van der Waals surface area (Å²) in [5, 5.41) is 3.62. The van der Waals surface area contributed by atoms with Gasteiger partial charge in [-0.2, -0.15) is 0 Å². The zero-order chi connectivity index (χ0) is 17.1.